The zero-order valence-corrected chi connectivity index (χ0v) is 20.7. The van der Waals surface area contributed by atoms with Gasteiger partial charge in [0.2, 0.25) is 0 Å². The molecule has 4 nitrogen and oxygen atoms in total. The molecule has 9 atom stereocenters. The highest BCUT2D eigenvalue weighted by atomic mass is 16.5. The number of fused-ring (bicyclic) bond motifs is 5. The maximum atomic E-state index is 11.0. The van der Waals surface area contributed by atoms with Gasteiger partial charge in [0.05, 0.1) is 23.6 Å². The maximum Gasteiger partial charge on any atom is 0.0882 e. The Labute approximate surface area is 195 Å². The maximum absolute atomic E-state index is 11.0. The number of nitrogens with zero attached hydrogens (tertiary/aromatic N) is 2. The van der Waals surface area contributed by atoms with Gasteiger partial charge >= 0.3 is 0 Å². The Kier molecular flexibility index (Phi) is 6.16. The second kappa shape index (κ2) is 8.65. The van der Waals surface area contributed by atoms with Gasteiger partial charge in [0.15, 0.2) is 0 Å². The number of aliphatic hydroxyl groups is 1. The van der Waals surface area contributed by atoms with Crippen molar-refractivity contribution in [3.05, 3.63) is 23.8 Å². The fourth-order valence-electron chi connectivity index (χ4n) is 9.33. The van der Waals surface area contributed by atoms with Crippen LogP contribution in [0.15, 0.2) is 12.4 Å². The molecule has 4 saturated carbocycles. The van der Waals surface area contributed by atoms with Gasteiger partial charge < -0.3 is 9.84 Å². The van der Waals surface area contributed by atoms with Crippen LogP contribution in [0.25, 0.3) is 0 Å². The van der Waals surface area contributed by atoms with Crippen LogP contribution in [0.2, 0.25) is 0 Å². The third-order valence-corrected chi connectivity index (χ3v) is 10.6. The first-order valence-electron chi connectivity index (χ1n) is 13.3. The van der Waals surface area contributed by atoms with Crippen molar-refractivity contribution < 1.29 is 9.84 Å². The SMILES string of the molecule is COC[C@@]1(O)CC[C@H]2[C@H](CC[C@@H]3[C@@H]2CC[C@]2(C)[C@@H]([C@@H](C)Cc4cnc(C)cn4)CC[C@@H]32)C1. The van der Waals surface area contributed by atoms with Crippen LogP contribution >= 0.6 is 0 Å². The number of ether oxygens (including phenoxy) is 1. The minimum atomic E-state index is -0.571. The molecule has 4 aliphatic carbocycles. The summed E-state index contributed by atoms with van der Waals surface area (Å²) in [6.45, 7) is 7.64. The molecule has 0 unspecified atom stereocenters. The van der Waals surface area contributed by atoms with Gasteiger partial charge in [-0.2, -0.15) is 0 Å². The third kappa shape index (κ3) is 3.94. The van der Waals surface area contributed by atoms with E-state index in [0.29, 0.717) is 23.9 Å². The first kappa shape index (κ1) is 22.8. The molecule has 32 heavy (non-hydrogen) atoms. The predicted molar refractivity (Wildman–Crippen MR) is 127 cm³/mol. The van der Waals surface area contributed by atoms with Gasteiger partial charge in [-0.15, -0.1) is 0 Å². The normalized spacial score (nSPS) is 44.4. The van der Waals surface area contributed by atoms with Gasteiger partial charge in [-0.3, -0.25) is 9.97 Å². The van der Waals surface area contributed by atoms with Crippen molar-refractivity contribution in [3.63, 3.8) is 0 Å². The summed E-state index contributed by atoms with van der Waals surface area (Å²) in [5.74, 6) is 5.76. The highest BCUT2D eigenvalue weighted by molar-refractivity contribution is 5.09. The van der Waals surface area contributed by atoms with E-state index < -0.39 is 5.60 Å². The molecule has 0 aliphatic heterocycles. The first-order valence-corrected chi connectivity index (χ1v) is 13.3. The van der Waals surface area contributed by atoms with Gasteiger partial charge in [-0.25, -0.2) is 0 Å². The number of rotatable bonds is 5. The van der Waals surface area contributed by atoms with Crippen LogP contribution in [-0.2, 0) is 11.2 Å². The lowest BCUT2D eigenvalue weighted by molar-refractivity contribution is -0.125. The molecule has 1 heterocycles. The van der Waals surface area contributed by atoms with E-state index in [1.54, 1.807) is 7.11 Å². The molecule has 4 aliphatic rings. The van der Waals surface area contributed by atoms with Crippen molar-refractivity contribution in [2.75, 3.05) is 13.7 Å². The zero-order chi connectivity index (χ0) is 22.5. The average Bonchev–Trinajstić information content (AvgIpc) is 3.12. The second-order valence-corrected chi connectivity index (χ2v) is 12.4. The van der Waals surface area contributed by atoms with Crippen molar-refractivity contribution in [1.29, 1.82) is 0 Å². The first-order chi connectivity index (χ1) is 15.3. The summed E-state index contributed by atoms with van der Waals surface area (Å²) < 4.78 is 5.36. The van der Waals surface area contributed by atoms with Crippen LogP contribution in [0, 0.1) is 53.8 Å². The summed E-state index contributed by atoms with van der Waals surface area (Å²) in [6.07, 6.45) is 16.4. The van der Waals surface area contributed by atoms with Crippen LogP contribution < -0.4 is 0 Å². The lowest BCUT2D eigenvalue weighted by atomic mass is 9.48. The van der Waals surface area contributed by atoms with E-state index >= 15 is 0 Å². The van der Waals surface area contributed by atoms with E-state index in [-0.39, 0.29) is 0 Å². The molecule has 0 bridgehead atoms. The predicted octanol–water partition coefficient (Wildman–Crippen LogP) is 5.61. The molecule has 0 saturated heterocycles. The third-order valence-electron chi connectivity index (χ3n) is 10.6. The quantitative estimate of drug-likeness (QED) is 0.646. The van der Waals surface area contributed by atoms with Crippen LogP contribution in [0.1, 0.15) is 83.0 Å². The van der Waals surface area contributed by atoms with Crippen LogP contribution in [-0.4, -0.2) is 34.4 Å². The molecular formula is C28H44N2O2. The Bertz CT molecular complexity index is 797. The largest absolute Gasteiger partial charge is 0.387 e. The number of hydrogen-bond donors (Lipinski definition) is 1. The number of methoxy groups -OCH3 is 1. The summed E-state index contributed by atoms with van der Waals surface area (Å²) in [4.78, 5) is 9.14. The lowest BCUT2D eigenvalue weighted by Crippen LogP contribution is -2.52. The second-order valence-electron chi connectivity index (χ2n) is 12.4. The monoisotopic (exact) mass is 440 g/mol. The van der Waals surface area contributed by atoms with Gasteiger partial charge in [0.25, 0.3) is 0 Å². The van der Waals surface area contributed by atoms with E-state index in [0.717, 1.165) is 60.2 Å². The Morgan fingerprint density at radius 3 is 2.59 bits per heavy atom. The summed E-state index contributed by atoms with van der Waals surface area (Å²) in [5, 5.41) is 11.0. The van der Waals surface area contributed by atoms with Crippen LogP contribution in [0.4, 0.5) is 0 Å². The number of hydrogen-bond acceptors (Lipinski definition) is 4. The molecule has 0 amide bonds. The fourth-order valence-corrected chi connectivity index (χ4v) is 9.33. The summed E-state index contributed by atoms with van der Waals surface area (Å²) in [5.41, 5.74) is 2.09. The summed E-state index contributed by atoms with van der Waals surface area (Å²) in [6, 6.07) is 0. The van der Waals surface area contributed by atoms with Crippen LogP contribution in [0.3, 0.4) is 0 Å². The number of aryl methyl sites for hydroxylation is 1. The van der Waals surface area contributed by atoms with Crippen molar-refractivity contribution in [2.45, 2.75) is 90.6 Å². The molecule has 5 rings (SSSR count). The highest BCUT2D eigenvalue weighted by Crippen LogP contribution is 2.65. The molecular weight excluding hydrogens is 396 g/mol. The van der Waals surface area contributed by atoms with Gasteiger partial charge in [0, 0.05) is 19.5 Å². The van der Waals surface area contributed by atoms with E-state index in [9.17, 15) is 5.11 Å². The minimum absolute atomic E-state index is 0.497. The van der Waals surface area contributed by atoms with E-state index in [4.69, 9.17) is 4.74 Å². The summed E-state index contributed by atoms with van der Waals surface area (Å²) >= 11 is 0. The Morgan fingerprint density at radius 2 is 1.84 bits per heavy atom. The molecule has 1 aromatic heterocycles. The molecule has 0 radical (unpaired) electrons. The Morgan fingerprint density at radius 1 is 1.03 bits per heavy atom. The standard InChI is InChI=1S/C28H44N2O2/c1-18(13-21-16-29-19(2)15-30-21)25-7-8-26-24-6-5-20-14-28(31,17-32-4)12-10-22(20)23(24)9-11-27(25,26)3/h15-16,18,20,22-26,31H,5-14,17H2,1-4H3/t18-,20+,22-,23+,24+,25+,26-,27+,28+/m0/s1. The van der Waals surface area contributed by atoms with Gasteiger partial charge in [-0.1, -0.05) is 13.8 Å². The van der Waals surface area contributed by atoms with Crippen molar-refractivity contribution in [1.82, 2.24) is 9.97 Å². The fraction of sp³-hybridized carbons (Fsp3) is 0.857. The Hall–Kier alpha value is -1.00. The zero-order valence-electron chi connectivity index (χ0n) is 20.7. The van der Waals surface area contributed by atoms with E-state index in [1.165, 1.54) is 44.9 Å². The van der Waals surface area contributed by atoms with Crippen molar-refractivity contribution in [2.24, 2.45) is 46.8 Å². The van der Waals surface area contributed by atoms with Gasteiger partial charge in [0.1, 0.15) is 0 Å². The summed E-state index contributed by atoms with van der Waals surface area (Å²) in [7, 11) is 1.73. The minimum Gasteiger partial charge on any atom is -0.387 e. The molecule has 4 fully saturated rings. The lowest BCUT2D eigenvalue weighted by Gasteiger charge is -2.57. The highest BCUT2D eigenvalue weighted by Gasteiger charge is 2.58. The van der Waals surface area contributed by atoms with Crippen molar-refractivity contribution in [3.8, 4) is 0 Å². The molecule has 178 valence electrons. The van der Waals surface area contributed by atoms with E-state index in [2.05, 4.69) is 23.8 Å². The Balaban J connectivity index is 1.27. The molecule has 0 aromatic carbocycles. The van der Waals surface area contributed by atoms with Gasteiger partial charge in [-0.05, 0) is 118 Å². The van der Waals surface area contributed by atoms with Crippen LogP contribution in [0.5, 0.6) is 0 Å². The topological polar surface area (TPSA) is 55.2 Å². The molecule has 4 heteroatoms. The van der Waals surface area contributed by atoms with E-state index in [1.807, 2.05) is 19.3 Å². The number of aromatic nitrogens is 2. The average molecular weight is 441 g/mol. The smallest absolute Gasteiger partial charge is 0.0882 e. The molecule has 1 aromatic rings. The van der Waals surface area contributed by atoms with Crippen molar-refractivity contribution >= 4 is 0 Å². The molecule has 0 spiro atoms. The molecule has 1 N–H and O–H groups in total.